The zero-order chi connectivity index (χ0) is 10.6. The van der Waals surface area contributed by atoms with Crippen LogP contribution >= 0.6 is 11.6 Å². The molecule has 0 saturated carbocycles. The van der Waals surface area contributed by atoms with Gasteiger partial charge in [0.05, 0.1) is 12.0 Å². The van der Waals surface area contributed by atoms with E-state index in [1.165, 1.54) is 0 Å². The van der Waals surface area contributed by atoms with Gasteiger partial charge in [0, 0.05) is 6.54 Å². The van der Waals surface area contributed by atoms with Crippen molar-refractivity contribution in [3.8, 4) is 0 Å². The van der Waals surface area contributed by atoms with Gasteiger partial charge in [0.2, 0.25) is 0 Å². The number of halogens is 1. The smallest absolute Gasteiger partial charge is 0.159 e. The molecule has 1 heterocycles. The molecule has 5 heteroatoms. The highest BCUT2D eigenvalue weighted by Crippen LogP contribution is 2.07. The quantitative estimate of drug-likeness (QED) is 0.708. The van der Waals surface area contributed by atoms with Crippen molar-refractivity contribution in [3.63, 3.8) is 0 Å². The Hall–Kier alpha value is -0.610. The molecule has 0 fully saturated rings. The second kappa shape index (κ2) is 5.32. The molecule has 1 aromatic heterocycles. The average Bonchev–Trinajstić information content (AvgIpc) is 2.56. The minimum atomic E-state index is 0.205. The summed E-state index contributed by atoms with van der Waals surface area (Å²) >= 11 is 5.72. The van der Waals surface area contributed by atoms with Crippen LogP contribution in [0.1, 0.15) is 32.4 Å². The van der Waals surface area contributed by atoms with Gasteiger partial charge in [-0.2, -0.15) is 0 Å². The predicted octanol–water partition coefficient (Wildman–Crippen LogP) is 1.96. The Morgan fingerprint density at radius 1 is 1.36 bits per heavy atom. The molecule has 0 atom stereocenters. The molecule has 80 valence electrons. The van der Waals surface area contributed by atoms with Crippen molar-refractivity contribution in [2.24, 2.45) is 0 Å². The van der Waals surface area contributed by atoms with Crippen molar-refractivity contribution in [1.82, 2.24) is 14.8 Å². The summed E-state index contributed by atoms with van der Waals surface area (Å²) in [6.07, 6.45) is 0.205. The number of ether oxygens (including phenoxy) is 1. The van der Waals surface area contributed by atoms with Crippen molar-refractivity contribution in [2.45, 2.75) is 45.9 Å². The fraction of sp³-hybridized carbons (Fsp3) is 0.778. The molecule has 0 unspecified atom stereocenters. The van der Waals surface area contributed by atoms with E-state index in [0.717, 1.165) is 18.2 Å². The van der Waals surface area contributed by atoms with E-state index in [2.05, 4.69) is 10.2 Å². The van der Waals surface area contributed by atoms with E-state index in [9.17, 15) is 0 Å². The summed E-state index contributed by atoms with van der Waals surface area (Å²) in [7, 11) is 0. The molecule has 0 aromatic carbocycles. The highest BCUT2D eigenvalue weighted by Gasteiger charge is 2.09. The summed E-state index contributed by atoms with van der Waals surface area (Å²) in [5, 5.41) is 8.02. The monoisotopic (exact) mass is 217 g/mol. The molecule has 0 N–H and O–H groups in total. The summed E-state index contributed by atoms with van der Waals surface area (Å²) in [6, 6.07) is 0. The van der Waals surface area contributed by atoms with Crippen LogP contribution in [0.4, 0.5) is 0 Å². The lowest BCUT2D eigenvalue weighted by atomic mass is 10.5. The van der Waals surface area contributed by atoms with E-state index in [-0.39, 0.29) is 6.10 Å². The summed E-state index contributed by atoms with van der Waals surface area (Å²) in [6.45, 7) is 7.35. The second-order valence-electron chi connectivity index (χ2n) is 3.27. The Bertz CT molecular complexity index is 286. The van der Waals surface area contributed by atoms with Crippen LogP contribution in [0, 0.1) is 0 Å². The maximum atomic E-state index is 5.72. The topological polar surface area (TPSA) is 39.9 Å². The van der Waals surface area contributed by atoms with Gasteiger partial charge >= 0.3 is 0 Å². The van der Waals surface area contributed by atoms with Crippen molar-refractivity contribution in [1.29, 1.82) is 0 Å². The first-order valence-corrected chi connectivity index (χ1v) is 5.31. The summed E-state index contributed by atoms with van der Waals surface area (Å²) in [4.78, 5) is 0. The lowest BCUT2D eigenvalue weighted by molar-refractivity contribution is 0.0593. The normalized spacial score (nSPS) is 11.2. The Morgan fingerprint density at radius 3 is 2.50 bits per heavy atom. The molecule has 14 heavy (non-hydrogen) atoms. The van der Waals surface area contributed by atoms with Gasteiger partial charge in [-0.15, -0.1) is 21.8 Å². The number of aromatic nitrogens is 3. The zero-order valence-corrected chi connectivity index (χ0v) is 9.58. The SMILES string of the molecule is CCn1c(CCl)nnc1COC(C)C. The van der Waals surface area contributed by atoms with Crippen molar-refractivity contribution in [3.05, 3.63) is 11.6 Å². The van der Waals surface area contributed by atoms with Crippen LogP contribution in [0.3, 0.4) is 0 Å². The summed E-state index contributed by atoms with van der Waals surface area (Å²) < 4.78 is 7.44. The summed E-state index contributed by atoms with van der Waals surface area (Å²) in [5.41, 5.74) is 0. The van der Waals surface area contributed by atoms with Crippen molar-refractivity contribution < 1.29 is 4.74 Å². The highest BCUT2D eigenvalue weighted by molar-refractivity contribution is 6.16. The van der Waals surface area contributed by atoms with Crippen LogP contribution in [0.2, 0.25) is 0 Å². The second-order valence-corrected chi connectivity index (χ2v) is 3.54. The molecule has 0 aliphatic heterocycles. The molecule has 0 spiro atoms. The van der Waals surface area contributed by atoms with Gasteiger partial charge in [-0.25, -0.2) is 0 Å². The number of nitrogens with zero attached hydrogens (tertiary/aromatic N) is 3. The van der Waals surface area contributed by atoms with Gasteiger partial charge in [0.1, 0.15) is 12.4 Å². The number of hydrogen-bond donors (Lipinski definition) is 0. The highest BCUT2D eigenvalue weighted by atomic mass is 35.5. The third-order valence-corrected chi connectivity index (χ3v) is 2.12. The van der Waals surface area contributed by atoms with Gasteiger partial charge in [-0.1, -0.05) is 0 Å². The van der Waals surface area contributed by atoms with Gasteiger partial charge in [0.15, 0.2) is 5.82 Å². The molecule has 0 radical (unpaired) electrons. The molecule has 0 aliphatic carbocycles. The number of alkyl halides is 1. The fourth-order valence-electron chi connectivity index (χ4n) is 1.18. The van der Waals surface area contributed by atoms with E-state index >= 15 is 0 Å². The van der Waals surface area contributed by atoms with Crippen molar-refractivity contribution >= 4 is 11.6 Å². The van der Waals surface area contributed by atoms with E-state index in [1.54, 1.807) is 0 Å². The maximum absolute atomic E-state index is 5.72. The number of rotatable bonds is 5. The van der Waals surface area contributed by atoms with Gasteiger partial charge in [-0.3, -0.25) is 0 Å². The first kappa shape index (κ1) is 11.5. The molecule has 0 amide bonds. The number of hydrogen-bond acceptors (Lipinski definition) is 3. The van der Waals surface area contributed by atoms with E-state index < -0.39 is 0 Å². The zero-order valence-electron chi connectivity index (χ0n) is 8.83. The minimum Gasteiger partial charge on any atom is -0.371 e. The van der Waals surface area contributed by atoms with Crippen LogP contribution < -0.4 is 0 Å². The fourth-order valence-corrected chi connectivity index (χ4v) is 1.38. The standard InChI is InChI=1S/C9H16ClN3O/c1-4-13-8(5-10)11-12-9(13)6-14-7(2)3/h7H,4-6H2,1-3H3. The van der Waals surface area contributed by atoms with Gasteiger partial charge in [0.25, 0.3) is 0 Å². The molecular weight excluding hydrogens is 202 g/mol. The molecule has 1 aromatic rings. The Balaban J connectivity index is 2.71. The van der Waals surface area contributed by atoms with Crippen LogP contribution in [0.25, 0.3) is 0 Å². The lowest BCUT2D eigenvalue weighted by Gasteiger charge is -2.08. The van der Waals surface area contributed by atoms with E-state index in [4.69, 9.17) is 16.3 Å². The summed E-state index contributed by atoms with van der Waals surface area (Å²) in [5.74, 6) is 2.04. The van der Waals surface area contributed by atoms with Gasteiger partial charge < -0.3 is 9.30 Å². The first-order valence-electron chi connectivity index (χ1n) is 4.77. The molecular formula is C9H16ClN3O. The molecule has 4 nitrogen and oxygen atoms in total. The Labute approximate surface area is 89.2 Å². The van der Waals surface area contributed by atoms with Crippen molar-refractivity contribution in [2.75, 3.05) is 0 Å². The average molecular weight is 218 g/mol. The Morgan fingerprint density at radius 2 is 2.00 bits per heavy atom. The largest absolute Gasteiger partial charge is 0.371 e. The molecule has 1 rings (SSSR count). The maximum Gasteiger partial charge on any atom is 0.159 e. The van der Waals surface area contributed by atoms with Crippen LogP contribution in [-0.4, -0.2) is 20.9 Å². The minimum absolute atomic E-state index is 0.205. The van der Waals surface area contributed by atoms with Gasteiger partial charge in [-0.05, 0) is 20.8 Å². The molecule has 0 bridgehead atoms. The first-order chi connectivity index (χ1) is 6.69. The molecule has 0 saturated heterocycles. The van der Waals surface area contributed by atoms with Crippen LogP contribution in [-0.2, 0) is 23.8 Å². The van der Waals surface area contributed by atoms with E-state index in [0.29, 0.717) is 12.5 Å². The lowest BCUT2D eigenvalue weighted by Crippen LogP contribution is -2.09. The van der Waals surface area contributed by atoms with E-state index in [1.807, 2.05) is 25.3 Å². The molecule has 0 aliphatic rings. The van der Waals surface area contributed by atoms with Crippen LogP contribution in [0.5, 0.6) is 0 Å². The third-order valence-electron chi connectivity index (χ3n) is 1.89. The predicted molar refractivity (Wildman–Crippen MR) is 55.2 cm³/mol. The Kier molecular flexibility index (Phi) is 4.35. The third kappa shape index (κ3) is 2.69. The van der Waals surface area contributed by atoms with Crippen LogP contribution in [0.15, 0.2) is 0 Å².